The molecule has 0 aromatic carbocycles. The molecule has 3 rings (SSSR count). The van der Waals surface area contributed by atoms with Crippen molar-refractivity contribution in [2.45, 2.75) is 58.7 Å². The first-order valence-corrected chi connectivity index (χ1v) is 7.27. The molecule has 0 heterocycles. The Hall–Kier alpha value is -0.120. The van der Waals surface area contributed by atoms with Crippen LogP contribution in [-0.4, -0.2) is 34.1 Å². The zero-order valence-electron chi connectivity index (χ0n) is 11.7. The Morgan fingerprint density at radius 1 is 1.00 bits per heavy atom. The molecule has 3 nitrogen and oxygen atoms in total. The lowest BCUT2D eigenvalue weighted by Gasteiger charge is -2.46. The fourth-order valence-corrected chi connectivity index (χ4v) is 5.76. The Morgan fingerprint density at radius 3 is 2.28 bits per heavy atom. The Balaban J connectivity index is 2.14. The van der Waals surface area contributed by atoms with Gasteiger partial charge in [0.1, 0.15) is 0 Å². The summed E-state index contributed by atoms with van der Waals surface area (Å²) < 4.78 is 0. The molecule has 3 aliphatic carbocycles. The van der Waals surface area contributed by atoms with Gasteiger partial charge in [-0.3, -0.25) is 0 Å². The van der Waals surface area contributed by atoms with Crippen LogP contribution < -0.4 is 0 Å². The molecule has 3 saturated carbocycles. The zero-order valence-corrected chi connectivity index (χ0v) is 11.7. The molecule has 3 aliphatic rings. The van der Waals surface area contributed by atoms with Crippen LogP contribution in [0.3, 0.4) is 0 Å². The predicted octanol–water partition coefficient (Wildman–Crippen LogP) is 1.55. The largest absolute Gasteiger partial charge is 0.396 e. The van der Waals surface area contributed by atoms with Crippen molar-refractivity contribution in [3.05, 3.63) is 0 Å². The average molecular weight is 254 g/mol. The summed E-state index contributed by atoms with van der Waals surface area (Å²) in [5.74, 6) is 0.195. The monoisotopic (exact) mass is 254 g/mol. The summed E-state index contributed by atoms with van der Waals surface area (Å²) in [5, 5.41) is 31.0. The first-order valence-electron chi connectivity index (χ1n) is 7.27. The highest BCUT2D eigenvalue weighted by Gasteiger charge is 2.74. The number of rotatable bonds is 1. The number of hydrogen-bond donors (Lipinski definition) is 3. The van der Waals surface area contributed by atoms with E-state index in [4.69, 9.17) is 0 Å². The van der Waals surface area contributed by atoms with Crippen molar-refractivity contribution >= 4 is 0 Å². The smallest absolute Gasteiger partial charge is 0.0638 e. The molecular formula is C15H26O3. The van der Waals surface area contributed by atoms with Crippen molar-refractivity contribution in [3.8, 4) is 0 Å². The standard InChI is InChI=1S/C15H26O3/c1-13(8-16)5-4-6-14(2)10-9(17)7-15(14,3)12(18)11(10)13/h9-12,16-18H,4-8H2,1-3H3/t9-,10+,11+,12-,13-,14-,15+/m1/s1. The van der Waals surface area contributed by atoms with Crippen LogP contribution in [0, 0.1) is 28.1 Å². The van der Waals surface area contributed by atoms with E-state index < -0.39 is 0 Å². The molecular weight excluding hydrogens is 228 g/mol. The van der Waals surface area contributed by atoms with Crippen LogP contribution in [0.4, 0.5) is 0 Å². The minimum atomic E-state index is -0.381. The van der Waals surface area contributed by atoms with E-state index >= 15 is 0 Å². The van der Waals surface area contributed by atoms with Crippen LogP contribution in [-0.2, 0) is 0 Å². The lowest BCUT2D eigenvalue weighted by Crippen LogP contribution is -2.49. The van der Waals surface area contributed by atoms with E-state index in [1.54, 1.807) is 0 Å². The second-order valence-electron chi connectivity index (χ2n) is 7.77. The highest BCUT2D eigenvalue weighted by atomic mass is 16.3. The van der Waals surface area contributed by atoms with Gasteiger partial charge in [-0.1, -0.05) is 27.2 Å². The SMILES string of the molecule is C[C@]1(CO)CCC[C@]2(C)[C@@H]3[C@H]1[C@@H](O)[C@]2(C)C[C@H]3O. The number of aliphatic hydroxyl groups is 3. The van der Waals surface area contributed by atoms with Crippen molar-refractivity contribution in [2.24, 2.45) is 28.1 Å². The van der Waals surface area contributed by atoms with Gasteiger partial charge in [0.25, 0.3) is 0 Å². The summed E-state index contributed by atoms with van der Waals surface area (Å²) in [5.41, 5.74) is -0.386. The van der Waals surface area contributed by atoms with Crippen LogP contribution in [0.15, 0.2) is 0 Å². The molecule has 0 aliphatic heterocycles. The second kappa shape index (κ2) is 3.50. The van der Waals surface area contributed by atoms with E-state index in [1.807, 2.05) is 0 Å². The minimum absolute atomic E-state index is 0.0312. The summed E-state index contributed by atoms with van der Waals surface area (Å²) in [7, 11) is 0. The van der Waals surface area contributed by atoms with Crippen molar-refractivity contribution in [1.29, 1.82) is 0 Å². The molecule has 0 radical (unpaired) electrons. The normalized spacial score (nSPS) is 63.0. The molecule has 0 aromatic rings. The highest BCUT2D eigenvalue weighted by molar-refractivity contribution is 5.22. The van der Waals surface area contributed by atoms with E-state index in [9.17, 15) is 15.3 Å². The van der Waals surface area contributed by atoms with E-state index in [0.29, 0.717) is 6.42 Å². The van der Waals surface area contributed by atoms with Gasteiger partial charge in [-0.2, -0.15) is 0 Å². The molecule has 4 bridgehead atoms. The lowest BCUT2D eigenvalue weighted by molar-refractivity contribution is -0.102. The molecule has 7 atom stereocenters. The summed E-state index contributed by atoms with van der Waals surface area (Å²) >= 11 is 0. The molecule has 0 unspecified atom stereocenters. The molecule has 0 spiro atoms. The third-order valence-electron chi connectivity index (χ3n) is 7.08. The fourth-order valence-electron chi connectivity index (χ4n) is 5.76. The van der Waals surface area contributed by atoms with Gasteiger partial charge in [0.05, 0.1) is 12.2 Å². The predicted molar refractivity (Wildman–Crippen MR) is 68.9 cm³/mol. The molecule has 0 amide bonds. The highest BCUT2D eigenvalue weighted by Crippen LogP contribution is 2.73. The molecule has 0 saturated heterocycles. The van der Waals surface area contributed by atoms with Crippen LogP contribution >= 0.6 is 0 Å². The van der Waals surface area contributed by atoms with Gasteiger partial charge in [0, 0.05) is 12.0 Å². The quantitative estimate of drug-likeness (QED) is 0.665. The van der Waals surface area contributed by atoms with Crippen LogP contribution in [0.2, 0.25) is 0 Å². The third-order valence-corrected chi connectivity index (χ3v) is 7.08. The van der Waals surface area contributed by atoms with Crippen LogP contribution in [0.5, 0.6) is 0 Å². The first-order chi connectivity index (χ1) is 8.30. The Bertz CT molecular complexity index is 371. The van der Waals surface area contributed by atoms with E-state index in [0.717, 1.165) is 19.3 Å². The van der Waals surface area contributed by atoms with Gasteiger partial charge in [-0.25, -0.2) is 0 Å². The average Bonchev–Trinajstić information content (AvgIpc) is 2.53. The summed E-state index contributed by atoms with van der Waals surface area (Å²) in [6, 6.07) is 0. The third kappa shape index (κ3) is 1.17. The van der Waals surface area contributed by atoms with Crippen molar-refractivity contribution < 1.29 is 15.3 Å². The molecule has 3 heteroatoms. The summed E-state index contributed by atoms with van der Waals surface area (Å²) in [6.07, 6.45) is 3.14. The molecule has 3 fully saturated rings. The summed E-state index contributed by atoms with van der Waals surface area (Å²) in [4.78, 5) is 0. The van der Waals surface area contributed by atoms with Crippen molar-refractivity contribution in [1.82, 2.24) is 0 Å². The lowest BCUT2D eigenvalue weighted by atomic mass is 9.62. The maximum absolute atomic E-state index is 10.8. The van der Waals surface area contributed by atoms with E-state index in [1.165, 1.54) is 0 Å². The Labute approximate surface area is 109 Å². The van der Waals surface area contributed by atoms with Crippen molar-refractivity contribution in [3.63, 3.8) is 0 Å². The molecule has 104 valence electrons. The maximum Gasteiger partial charge on any atom is 0.0638 e. The second-order valence-corrected chi connectivity index (χ2v) is 7.77. The van der Waals surface area contributed by atoms with Gasteiger partial charge in [-0.15, -0.1) is 0 Å². The van der Waals surface area contributed by atoms with Gasteiger partial charge in [0.15, 0.2) is 0 Å². The first kappa shape index (κ1) is 12.9. The Morgan fingerprint density at radius 2 is 1.67 bits per heavy atom. The van der Waals surface area contributed by atoms with E-state index in [-0.39, 0.29) is 46.9 Å². The van der Waals surface area contributed by atoms with Crippen LogP contribution in [0.1, 0.15) is 46.5 Å². The molecule has 3 N–H and O–H groups in total. The molecule has 0 aromatic heterocycles. The fraction of sp³-hybridized carbons (Fsp3) is 1.00. The van der Waals surface area contributed by atoms with Crippen LogP contribution in [0.25, 0.3) is 0 Å². The van der Waals surface area contributed by atoms with Gasteiger partial charge in [0.2, 0.25) is 0 Å². The number of aliphatic hydroxyl groups excluding tert-OH is 3. The maximum atomic E-state index is 10.8. The van der Waals surface area contributed by atoms with Gasteiger partial charge >= 0.3 is 0 Å². The van der Waals surface area contributed by atoms with E-state index in [2.05, 4.69) is 20.8 Å². The van der Waals surface area contributed by atoms with Crippen molar-refractivity contribution in [2.75, 3.05) is 6.61 Å². The number of hydrogen-bond acceptors (Lipinski definition) is 3. The summed E-state index contributed by atoms with van der Waals surface area (Å²) in [6.45, 7) is 6.59. The zero-order chi connectivity index (χ0) is 13.3. The minimum Gasteiger partial charge on any atom is -0.396 e. The van der Waals surface area contributed by atoms with Gasteiger partial charge in [-0.05, 0) is 41.9 Å². The topological polar surface area (TPSA) is 60.7 Å². The molecule has 18 heavy (non-hydrogen) atoms. The van der Waals surface area contributed by atoms with Gasteiger partial charge < -0.3 is 15.3 Å². The Kier molecular flexibility index (Phi) is 2.51.